The largest absolute Gasteiger partial charge is 0.468 e. The van der Waals surface area contributed by atoms with E-state index in [9.17, 15) is 23.4 Å². The van der Waals surface area contributed by atoms with Gasteiger partial charge in [-0.15, -0.1) is 0 Å². The smallest absolute Gasteiger partial charge is 0.433 e. The number of nitrogens with zero attached hydrogens (tertiary/aromatic N) is 3. The van der Waals surface area contributed by atoms with E-state index in [4.69, 9.17) is 14.7 Å². The van der Waals surface area contributed by atoms with E-state index < -0.39 is 48.3 Å². The highest BCUT2D eigenvalue weighted by Gasteiger charge is 2.46. The summed E-state index contributed by atoms with van der Waals surface area (Å²) in [6.07, 6.45) is -9.29. The number of aliphatic hydroxyl groups is 2. The van der Waals surface area contributed by atoms with Crippen molar-refractivity contribution >= 4 is 0 Å². The van der Waals surface area contributed by atoms with Crippen LogP contribution in [-0.4, -0.2) is 44.6 Å². The third-order valence-electron chi connectivity index (χ3n) is 4.30. The molecule has 0 spiro atoms. The highest BCUT2D eigenvalue weighted by molar-refractivity contribution is 5.30. The highest BCUT2D eigenvalue weighted by Crippen LogP contribution is 2.35. The van der Waals surface area contributed by atoms with Crippen molar-refractivity contribution < 1.29 is 32.9 Å². The molecule has 2 N–H and O–H groups in total. The Kier molecular flexibility index (Phi) is 5.51. The van der Waals surface area contributed by atoms with Crippen molar-refractivity contribution in [2.75, 3.05) is 0 Å². The van der Waals surface area contributed by atoms with Crippen LogP contribution in [0.1, 0.15) is 30.0 Å². The van der Waals surface area contributed by atoms with E-state index >= 15 is 0 Å². The molecule has 1 fully saturated rings. The Morgan fingerprint density at radius 3 is 2.64 bits per heavy atom. The normalized spacial score (nSPS) is 27.8. The summed E-state index contributed by atoms with van der Waals surface area (Å²) in [4.78, 5) is 7.51. The Morgan fingerprint density at radius 2 is 1.96 bits per heavy atom. The van der Waals surface area contributed by atoms with Gasteiger partial charge >= 0.3 is 6.18 Å². The average Bonchev–Trinajstić information content (AvgIpc) is 2.68. The van der Waals surface area contributed by atoms with Gasteiger partial charge < -0.3 is 19.7 Å². The fourth-order valence-electron chi connectivity index (χ4n) is 2.86. The van der Waals surface area contributed by atoms with Crippen LogP contribution in [-0.2, 0) is 10.9 Å². The molecule has 5 atom stereocenters. The second-order valence-corrected chi connectivity index (χ2v) is 6.27. The lowest BCUT2D eigenvalue weighted by atomic mass is 9.93. The maximum absolute atomic E-state index is 12.9. The van der Waals surface area contributed by atoms with Gasteiger partial charge in [0, 0.05) is 12.3 Å². The lowest BCUT2D eigenvalue weighted by molar-refractivity contribution is -0.214. The molecule has 3 rings (SSSR count). The number of hydrogen-bond acceptors (Lipinski definition) is 7. The molecule has 0 radical (unpaired) electrons. The van der Waals surface area contributed by atoms with Crippen LogP contribution < -0.4 is 4.74 Å². The summed E-state index contributed by atoms with van der Waals surface area (Å²) in [7, 11) is 0. The summed E-state index contributed by atoms with van der Waals surface area (Å²) in [6.45, 7) is 1.52. The van der Waals surface area contributed by atoms with Crippen LogP contribution >= 0.6 is 0 Å². The van der Waals surface area contributed by atoms with Crippen molar-refractivity contribution in [1.29, 1.82) is 5.26 Å². The Balaban J connectivity index is 1.96. The zero-order valence-corrected chi connectivity index (χ0v) is 14.5. The Labute approximate surface area is 158 Å². The summed E-state index contributed by atoms with van der Waals surface area (Å²) in [5, 5.41) is 29.6. The molecule has 0 amide bonds. The molecule has 10 heteroatoms. The molecule has 0 saturated carbocycles. The van der Waals surface area contributed by atoms with Crippen molar-refractivity contribution in [3.05, 3.63) is 53.5 Å². The number of rotatable bonds is 3. The molecule has 7 nitrogen and oxygen atoms in total. The summed E-state index contributed by atoms with van der Waals surface area (Å²) in [6, 6.07) is 7.92. The van der Waals surface area contributed by atoms with E-state index in [-0.39, 0.29) is 11.3 Å². The SMILES string of the molecule is C[C@H]1O[C@H](c2cc(C#N)ccn2)[C@H](Oc2cccc(C(F)(F)F)n2)[C@@H](O)[C@H]1O. The van der Waals surface area contributed by atoms with E-state index in [0.29, 0.717) is 0 Å². The zero-order chi connectivity index (χ0) is 20.5. The van der Waals surface area contributed by atoms with Crippen LogP contribution in [0.5, 0.6) is 5.88 Å². The van der Waals surface area contributed by atoms with Crippen molar-refractivity contribution in [3.63, 3.8) is 0 Å². The molecule has 28 heavy (non-hydrogen) atoms. The third-order valence-corrected chi connectivity index (χ3v) is 4.30. The topological polar surface area (TPSA) is 108 Å². The number of alkyl halides is 3. The van der Waals surface area contributed by atoms with Gasteiger partial charge in [0.2, 0.25) is 5.88 Å². The number of ether oxygens (including phenoxy) is 2. The van der Waals surface area contributed by atoms with Gasteiger partial charge in [0.15, 0.2) is 6.10 Å². The Bertz CT molecular complexity index is 887. The van der Waals surface area contributed by atoms with E-state index in [2.05, 4.69) is 9.97 Å². The molecule has 1 aliphatic heterocycles. The molecule has 148 valence electrons. The molecule has 1 aliphatic rings. The van der Waals surface area contributed by atoms with E-state index in [0.717, 1.165) is 12.1 Å². The Hall–Kier alpha value is -2.74. The molecule has 1 saturated heterocycles. The first-order valence-corrected chi connectivity index (χ1v) is 8.29. The summed E-state index contributed by atoms with van der Waals surface area (Å²) >= 11 is 0. The maximum Gasteiger partial charge on any atom is 0.433 e. The van der Waals surface area contributed by atoms with Gasteiger partial charge in [0.1, 0.15) is 24.0 Å². The quantitative estimate of drug-likeness (QED) is 0.818. The number of halogens is 3. The average molecular weight is 395 g/mol. The van der Waals surface area contributed by atoms with Gasteiger partial charge in [-0.1, -0.05) is 6.07 Å². The van der Waals surface area contributed by atoms with Gasteiger partial charge in [-0.25, -0.2) is 4.98 Å². The molecule has 2 aromatic rings. The molecule has 0 aromatic carbocycles. The van der Waals surface area contributed by atoms with Gasteiger partial charge in [0.25, 0.3) is 0 Å². The summed E-state index contributed by atoms with van der Waals surface area (Å²) in [5.41, 5.74) is -0.655. The molecule has 0 unspecified atom stereocenters. The van der Waals surface area contributed by atoms with Crippen molar-refractivity contribution in [2.24, 2.45) is 0 Å². The van der Waals surface area contributed by atoms with Gasteiger partial charge in [-0.3, -0.25) is 4.98 Å². The Morgan fingerprint density at radius 1 is 1.21 bits per heavy atom. The minimum Gasteiger partial charge on any atom is -0.468 e. The van der Waals surface area contributed by atoms with E-state index in [1.165, 1.54) is 31.3 Å². The second kappa shape index (κ2) is 7.71. The highest BCUT2D eigenvalue weighted by atomic mass is 19.4. The standard InChI is InChI=1S/C18H16F3N3O4/c1-9-14(25)15(26)17(16(27-9)11-7-10(8-22)5-6-23-11)28-13-4-2-3-12(24-13)18(19,20)21/h2-7,9,14-17,25-26H,1H3/t9-,14+,15+,16-,17-/m1/s1. The predicted octanol–water partition coefficient (Wildman–Crippen LogP) is 2.00. The van der Waals surface area contributed by atoms with Crippen LogP contribution in [0.4, 0.5) is 13.2 Å². The second-order valence-electron chi connectivity index (χ2n) is 6.27. The molecule has 0 bridgehead atoms. The van der Waals surface area contributed by atoms with Crippen LogP contribution in [0.2, 0.25) is 0 Å². The van der Waals surface area contributed by atoms with Crippen molar-refractivity contribution in [1.82, 2.24) is 9.97 Å². The molecule has 3 heterocycles. The van der Waals surface area contributed by atoms with Crippen molar-refractivity contribution in [3.8, 4) is 11.9 Å². The zero-order valence-electron chi connectivity index (χ0n) is 14.5. The first-order valence-electron chi connectivity index (χ1n) is 8.29. The first kappa shape index (κ1) is 20.0. The minimum absolute atomic E-state index is 0.230. The number of aliphatic hydroxyl groups excluding tert-OH is 2. The van der Waals surface area contributed by atoms with Gasteiger partial charge in [0.05, 0.1) is 23.4 Å². The van der Waals surface area contributed by atoms with E-state index in [1.54, 1.807) is 0 Å². The molecular formula is C18H16F3N3O4. The predicted molar refractivity (Wildman–Crippen MR) is 87.9 cm³/mol. The minimum atomic E-state index is -4.67. The molecular weight excluding hydrogens is 379 g/mol. The van der Waals surface area contributed by atoms with Crippen LogP contribution in [0.3, 0.4) is 0 Å². The number of hydrogen-bond donors (Lipinski definition) is 2. The van der Waals surface area contributed by atoms with Gasteiger partial charge in [-0.05, 0) is 25.1 Å². The number of aromatic nitrogens is 2. The van der Waals surface area contributed by atoms with Gasteiger partial charge in [-0.2, -0.15) is 18.4 Å². The van der Waals surface area contributed by atoms with Crippen LogP contribution in [0.25, 0.3) is 0 Å². The summed E-state index contributed by atoms with van der Waals surface area (Å²) in [5.74, 6) is -0.398. The number of pyridine rings is 2. The third kappa shape index (κ3) is 4.06. The van der Waals surface area contributed by atoms with Crippen molar-refractivity contribution in [2.45, 2.75) is 43.6 Å². The molecule has 2 aromatic heterocycles. The summed E-state index contributed by atoms with van der Waals surface area (Å²) < 4.78 is 49.8. The first-order chi connectivity index (χ1) is 13.2. The van der Waals surface area contributed by atoms with Crippen LogP contribution in [0, 0.1) is 11.3 Å². The fourth-order valence-corrected chi connectivity index (χ4v) is 2.86. The van der Waals surface area contributed by atoms with E-state index in [1.807, 2.05) is 6.07 Å². The van der Waals surface area contributed by atoms with Crippen LogP contribution in [0.15, 0.2) is 36.5 Å². The monoisotopic (exact) mass is 395 g/mol. The maximum atomic E-state index is 12.9. The molecule has 0 aliphatic carbocycles. The fraction of sp³-hybridized carbons (Fsp3) is 0.389. The lowest BCUT2D eigenvalue weighted by Gasteiger charge is -2.41. The lowest BCUT2D eigenvalue weighted by Crippen LogP contribution is -2.55. The number of nitriles is 1.